The molecule has 3 heterocycles. The maximum Gasteiger partial charge on any atom is 0.160 e. The minimum atomic E-state index is -0.304. The summed E-state index contributed by atoms with van der Waals surface area (Å²) in [5.41, 5.74) is 16.3. The van der Waals surface area contributed by atoms with E-state index in [-0.39, 0.29) is 5.41 Å². The van der Waals surface area contributed by atoms with Gasteiger partial charge in [0.1, 0.15) is 16.7 Å². The Morgan fingerprint density at radius 3 is 2.09 bits per heavy atom. The highest BCUT2D eigenvalue weighted by molar-refractivity contribution is 6.24. The first-order valence-electron chi connectivity index (χ1n) is 19.8. The topological polar surface area (TPSA) is 34.5 Å². The summed E-state index contributed by atoms with van der Waals surface area (Å²) in [6.45, 7) is 6.94. The first-order chi connectivity index (χ1) is 28.0. The van der Waals surface area contributed by atoms with Gasteiger partial charge in [-0.1, -0.05) is 110 Å². The van der Waals surface area contributed by atoms with Crippen LogP contribution in [0.5, 0.6) is 0 Å². The van der Waals surface area contributed by atoms with Crippen molar-refractivity contribution in [3.8, 4) is 16.8 Å². The van der Waals surface area contributed by atoms with Crippen LogP contribution in [0.1, 0.15) is 38.3 Å². The van der Waals surface area contributed by atoms with Crippen molar-refractivity contribution in [3.05, 3.63) is 186 Å². The van der Waals surface area contributed by atoms with Crippen LogP contribution >= 0.6 is 0 Å². The van der Waals surface area contributed by atoms with Gasteiger partial charge in [0.2, 0.25) is 0 Å². The number of para-hydroxylation sites is 4. The minimum Gasteiger partial charge on any atom is -0.456 e. The van der Waals surface area contributed by atoms with Gasteiger partial charge in [-0.15, -0.1) is 0 Å². The summed E-state index contributed by atoms with van der Waals surface area (Å²) < 4.78 is 16.0. The lowest BCUT2D eigenvalue weighted by molar-refractivity contribution is 0.654. The molecule has 10 aromatic rings. The van der Waals surface area contributed by atoms with Crippen molar-refractivity contribution >= 4 is 77.1 Å². The molecule has 0 radical (unpaired) electrons. The third-order valence-corrected chi connectivity index (χ3v) is 12.5. The second-order valence-corrected chi connectivity index (χ2v) is 16.1. The van der Waals surface area contributed by atoms with Crippen LogP contribution in [0.3, 0.4) is 0 Å². The smallest absolute Gasteiger partial charge is 0.160 e. The van der Waals surface area contributed by atoms with Crippen LogP contribution < -0.4 is 4.90 Å². The quantitative estimate of drug-likeness (QED) is 0.181. The van der Waals surface area contributed by atoms with Crippen molar-refractivity contribution in [1.29, 1.82) is 0 Å². The van der Waals surface area contributed by atoms with Gasteiger partial charge in [0.05, 0.1) is 16.7 Å². The highest BCUT2D eigenvalue weighted by atomic mass is 16.3. The molecular weight excluding hydrogens is 697 g/mol. The number of hydrogen-bond acceptors (Lipinski definition) is 3. The third-order valence-electron chi connectivity index (χ3n) is 12.5. The SMILES string of the molecule is CC1=CC=C(N(c2ccc3c(c2)c2ccccc2n3-c2ccccc2)c2cc3c(c4c2oc2ccccc24)-c2c(ccc4oc5ccccc5c24)C3(C)C)C=CC1. The fourth-order valence-corrected chi connectivity index (χ4v) is 9.79. The number of allylic oxidation sites excluding steroid dienone is 5. The normalized spacial score (nSPS) is 14.8. The first-order valence-corrected chi connectivity index (χ1v) is 19.8. The standard InChI is InChI=1S/C53H38N2O2/c1-32-14-13-17-34(25-24-32)54(35-26-28-43-39(30-35)36-18-7-10-21-42(36)55(43)33-15-5-4-6-16-33)44-31-41-51(49-38-20-9-12-23-46(38)57-52(44)49)50-40(53(41,2)3)27-29-47-48(50)37-19-8-11-22-45(37)56-47/h4-13,15-31H,14H2,1-3H3. The lowest BCUT2D eigenvalue weighted by atomic mass is 9.81. The Morgan fingerprint density at radius 1 is 0.579 bits per heavy atom. The molecule has 272 valence electrons. The van der Waals surface area contributed by atoms with Crippen LogP contribution in [0, 0.1) is 0 Å². The predicted octanol–water partition coefficient (Wildman–Crippen LogP) is 14.8. The van der Waals surface area contributed by atoms with Gasteiger partial charge in [0.25, 0.3) is 0 Å². The predicted molar refractivity (Wildman–Crippen MR) is 237 cm³/mol. The molecule has 0 bridgehead atoms. The van der Waals surface area contributed by atoms with Crippen molar-refractivity contribution < 1.29 is 8.83 Å². The molecule has 0 amide bonds. The Kier molecular flexibility index (Phi) is 6.64. The van der Waals surface area contributed by atoms with Crippen molar-refractivity contribution in [2.24, 2.45) is 0 Å². The molecule has 0 unspecified atom stereocenters. The average Bonchev–Trinajstić information content (AvgIpc) is 3.92. The van der Waals surface area contributed by atoms with E-state index in [1.807, 2.05) is 0 Å². The number of nitrogens with zero attached hydrogens (tertiary/aromatic N) is 2. The zero-order valence-corrected chi connectivity index (χ0v) is 32.0. The number of rotatable bonds is 4. The fraction of sp³-hybridized carbons (Fsp3) is 0.0943. The van der Waals surface area contributed by atoms with Gasteiger partial charge in [-0.05, 0) is 108 Å². The second-order valence-electron chi connectivity index (χ2n) is 16.1. The minimum absolute atomic E-state index is 0.304. The number of benzene rings is 7. The maximum atomic E-state index is 7.10. The zero-order valence-electron chi connectivity index (χ0n) is 32.0. The van der Waals surface area contributed by atoms with Gasteiger partial charge >= 0.3 is 0 Å². The fourth-order valence-electron chi connectivity index (χ4n) is 9.79. The monoisotopic (exact) mass is 734 g/mol. The number of anilines is 2. The van der Waals surface area contributed by atoms with Gasteiger partial charge < -0.3 is 18.3 Å². The Morgan fingerprint density at radius 2 is 1.26 bits per heavy atom. The van der Waals surface area contributed by atoms with E-state index in [1.165, 1.54) is 55.0 Å². The van der Waals surface area contributed by atoms with Crippen LogP contribution in [0.2, 0.25) is 0 Å². The molecule has 0 atom stereocenters. The Hall–Kier alpha value is -7.04. The van der Waals surface area contributed by atoms with E-state index >= 15 is 0 Å². The molecule has 57 heavy (non-hydrogen) atoms. The van der Waals surface area contributed by atoms with Gasteiger partial charge in [-0.25, -0.2) is 0 Å². The Labute approximate surface area is 329 Å². The van der Waals surface area contributed by atoms with E-state index in [9.17, 15) is 0 Å². The zero-order chi connectivity index (χ0) is 38.0. The summed E-state index contributed by atoms with van der Waals surface area (Å²) in [6.07, 6.45) is 9.97. The van der Waals surface area contributed by atoms with Crippen molar-refractivity contribution in [3.63, 3.8) is 0 Å². The van der Waals surface area contributed by atoms with E-state index in [2.05, 4.69) is 194 Å². The number of hydrogen-bond donors (Lipinski definition) is 0. The van der Waals surface area contributed by atoms with E-state index in [0.29, 0.717) is 0 Å². The van der Waals surface area contributed by atoms with Gasteiger partial charge in [-0.3, -0.25) is 0 Å². The molecule has 0 aliphatic heterocycles. The first kappa shape index (κ1) is 32.2. The molecule has 3 aromatic heterocycles. The number of furan rings is 2. The highest BCUT2D eigenvalue weighted by Crippen LogP contribution is 2.58. The molecule has 0 fully saturated rings. The summed E-state index contributed by atoms with van der Waals surface area (Å²) in [7, 11) is 0. The molecule has 2 aliphatic rings. The Bertz CT molecular complexity index is 3420. The van der Waals surface area contributed by atoms with E-state index in [0.717, 1.165) is 67.7 Å². The summed E-state index contributed by atoms with van der Waals surface area (Å²) in [4.78, 5) is 2.42. The molecular formula is C53H38N2O2. The molecule has 0 saturated carbocycles. The summed E-state index contributed by atoms with van der Waals surface area (Å²) in [5, 5.41) is 6.97. The van der Waals surface area contributed by atoms with Gasteiger partial charge in [0, 0.05) is 54.8 Å². The summed E-state index contributed by atoms with van der Waals surface area (Å²) in [5.74, 6) is 0. The summed E-state index contributed by atoms with van der Waals surface area (Å²) in [6, 6.07) is 50.2. The number of fused-ring (bicyclic) bond motifs is 14. The van der Waals surface area contributed by atoms with E-state index in [1.54, 1.807) is 0 Å². The van der Waals surface area contributed by atoms with E-state index in [4.69, 9.17) is 8.83 Å². The number of aromatic nitrogens is 1. The molecule has 0 spiro atoms. The van der Waals surface area contributed by atoms with Crippen LogP contribution in [0.15, 0.2) is 184 Å². The van der Waals surface area contributed by atoms with Crippen molar-refractivity contribution in [1.82, 2.24) is 4.57 Å². The molecule has 4 nitrogen and oxygen atoms in total. The average molecular weight is 735 g/mol. The Balaban J connectivity index is 1.20. The van der Waals surface area contributed by atoms with E-state index < -0.39 is 0 Å². The maximum absolute atomic E-state index is 7.10. The van der Waals surface area contributed by atoms with Crippen LogP contribution in [0.4, 0.5) is 11.4 Å². The van der Waals surface area contributed by atoms with Crippen LogP contribution in [-0.2, 0) is 5.41 Å². The summed E-state index contributed by atoms with van der Waals surface area (Å²) >= 11 is 0. The molecule has 0 N–H and O–H groups in total. The highest BCUT2D eigenvalue weighted by Gasteiger charge is 2.41. The molecule has 2 aliphatic carbocycles. The molecule has 12 rings (SSSR count). The third kappa shape index (κ3) is 4.50. The largest absolute Gasteiger partial charge is 0.456 e. The molecule has 7 aromatic carbocycles. The van der Waals surface area contributed by atoms with Crippen LogP contribution in [-0.4, -0.2) is 4.57 Å². The molecule has 0 saturated heterocycles. The molecule has 4 heteroatoms. The van der Waals surface area contributed by atoms with Crippen molar-refractivity contribution in [2.75, 3.05) is 4.90 Å². The lowest BCUT2D eigenvalue weighted by Crippen LogP contribution is -2.18. The lowest BCUT2D eigenvalue weighted by Gasteiger charge is -2.29. The second kappa shape index (κ2) is 11.7. The van der Waals surface area contributed by atoms with Gasteiger partial charge in [-0.2, -0.15) is 0 Å². The van der Waals surface area contributed by atoms with Gasteiger partial charge in [0.15, 0.2) is 5.58 Å². The van der Waals surface area contributed by atoms with Crippen molar-refractivity contribution in [2.45, 2.75) is 32.6 Å². The van der Waals surface area contributed by atoms with Crippen LogP contribution in [0.25, 0.3) is 82.5 Å².